The van der Waals surface area contributed by atoms with Gasteiger partial charge < -0.3 is 15.2 Å². The number of rotatable bonds is 5. The average molecular weight is 396 g/mol. The Balaban J connectivity index is 1.73. The third-order valence-corrected chi connectivity index (χ3v) is 4.83. The van der Waals surface area contributed by atoms with Crippen LogP contribution in [0.1, 0.15) is 50.8 Å². The minimum Gasteiger partial charge on any atom is -0.489 e. The summed E-state index contributed by atoms with van der Waals surface area (Å²) in [6, 6.07) is 16.6. The highest BCUT2D eigenvalue weighted by atomic mass is 16.6. The highest BCUT2D eigenvalue weighted by Gasteiger charge is 2.42. The summed E-state index contributed by atoms with van der Waals surface area (Å²) in [6.07, 6.45) is 0.649. The van der Waals surface area contributed by atoms with Crippen LogP contribution in [0.2, 0.25) is 0 Å². The fraction of sp³-hybridized carbons (Fsp3) is 0.391. The molecule has 2 aromatic rings. The maximum absolute atomic E-state index is 12.8. The van der Waals surface area contributed by atoms with Gasteiger partial charge in [-0.05, 0) is 56.9 Å². The predicted octanol–water partition coefficient (Wildman–Crippen LogP) is 4.19. The number of carbonyl (C=O) groups is 2. The normalized spacial score (nSPS) is 19.1. The molecule has 1 aliphatic rings. The minimum atomic E-state index is -0.663. The highest BCUT2D eigenvalue weighted by Crippen LogP contribution is 2.37. The van der Waals surface area contributed by atoms with E-state index >= 15 is 0 Å². The molecule has 2 atom stereocenters. The number of benzene rings is 2. The summed E-state index contributed by atoms with van der Waals surface area (Å²) in [4.78, 5) is 26.1. The van der Waals surface area contributed by atoms with Gasteiger partial charge in [-0.2, -0.15) is 0 Å². The second kappa shape index (κ2) is 8.55. The quantitative estimate of drug-likeness (QED) is 0.821. The molecule has 1 heterocycles. The van der Waals surface area contributed by atoms with Gasteiger partial charge in [0.2, 0.25) is 5.91 Å². The van der Waals surface area contributed by atoms with Crippen LogP contribution in [-0.4, -0.2) is 28.5 Å². The topological polar surface area (TPSA) is 81.9 Å². The Morgan fingerprint density at radius 1 is 1.03 bits per heavy atom. The predicted molar refractivity (Wildman–Crippen MR) is 110 cm³/mol. The van der Waals surface area contributed by atoms with Gasteiger partial charge in [-0.25, -0.2) is 4.79 Å². The summed E-state index contributed by atoms with van der Waals surface area (Å²) < 4.78 is 11.3. The first-order chi connectivity index (χ1) is 13.7. The summed E-state index contributed by atoms with van der Waals surface area (Å²) in [5.41, 5.74) is 6.90. The molecular formula is C23H28N2O4. The Morgan fingerprint density at radius 2 is 1.69 bits per heavy atom. The summed E-state index contributed by atoms with van der Waals surface area (Å²) in [5, 5.41) is 0. The van der Waals surface area contributed by atoms with E-state index in [1.807, 2.05) is 54.6 Å². The zero-order valence-corrected chi connectivity index (χ0v) is 17.1. The van der Waals surface area contributed by atoms with Gasteiger partial charge in [0, 0.05) is 0 Å². The number of likely N-dealkylation sites (tertiary alicyclic amines) is 1. The fourth-order valence-electron chi connectivity index (χ4n) is 3.51. The van der Waals surface area contributed by atoms with Crippen molar-refractivity contribution >= 4 is 12.0 Å². The lowest BCUT2D eigenvalue weighted by molar-refractivity contribution is -0.122. The van der Waals surface area contributed by atoms with E-state index in [4.69, 9.17) is 15.2 Å². The smallest absolute Gasteiger partial charge is 0.411 e. The zero-order chi connectivity index (χ0) is 21.0. The monoisotopic (exact) mass is 396 g/mol. The first-order valence-electron chi connectivity index (χ1n) is 9.82. The number of nitrogens with zero attached hydrogens (tertiary/aromatic N) is 1. The second-order valence-corrected chi connectivity index (χ2v) is 8.24. The van der Waals surface area contributed by atoms with E-state index in [0.29, 0.717) is 19.4 Å². The molecule has 0 spiro atoms. The lowest BCUT2D eigenvalue weighted by atomic mass is 10.0. The van der Waals surface area contributed by atoms with Crippen LogP contribution >= 0.6 is 0 Å². The average Bonchev–Trinajstić information content (AvgIpc) is 3.12. The lowest BCUT2D eigenvalue weighted by Gasteiger charge is -2.31. The van der Waals surface area contributed by atoms with Crippen LogP contribution in [0.5, 0.6) is 5.75 Å². The van der Waals surface area contributed by atoms with Crippen molar-refractivity contribution < 1.29 is 19.1 Å². The standard InChI is InChI=1S/C23H28N2O4/c1-23(2,3)29-22(27)25-19(13-14-20(25)21(24)26)17-9-11-18(12-10-17)28-15-16-7-5-4-6-8-16/h4-12,19-20H,13-15H2,1-3H3,(H2,24,26)/t19?,20-/m0/s1. The minimum absolute atomic E-state index is 0.259. The van der Waals surface area contributed by atoms with Crippen LogP contribution < -0.4 is 10.5 Å². The number of hydrogen-bond acceptors (Lipinski definition) is 4. The molecule has 3 rings (SSSR count). The summed E-state index contributed by atoms with van der Waals surface area (Å²) in [7, 11) is 0. The van der Waals surface area contributed by atoms with Gasteiger partial charge in [-0.1, -0.05) is 42.5 Å². The first-order valence-corrected chi connectivity index (χ1v) is 9.82. The Morgan fingerprint density at radius 3 is 2.28 bits per heavy atom. The zero-order valence-electron chi connectivity index (χ0n) is 17.1. The second-order valence-electron chi connectivity index (χ2n) is 8.24. The maximum Gasteiger partial charge on any atom is 0.411 e. The van der Waals surface area contributed by atoms with Crippen molar-refractivity contribution in [3.05, 3.63) is 65.7 Å². The van der Waals surface area contributed by atoms with Gasteiger partial charge in [0.15, 0.2) is 0 Å². The molecule has 0 aromatic heterocycles. The van der Waals surface area contributed by atoms with Crippen molar-refractivity contribution in [2.24, 2.45) is 5.73 Å². The van der Waals surface area contributed by atoms with Crippen LogP contribution in [0, 0.1) is 0 Å². The van der Waals surface area contributed by atoms with Crippen molar-refractivity contribution in [3.8, 4) is 5.75 Å². The van der Waals surface area contributed by atoms with Crippen LogP contribution in [0.25, 0.3) is 0 Å². The van der Waals surface area contributed by atoms with Gasteiger partial charge in [0.1, 0.15) is 24.0 Å². The number of nitrogens with two attached hydrogens (primary N) is 1. The number of amides is 2. The molecule has 0 radical (unpaired) electrons. The molecule has 0 bridgehead atoms. The molecule has 0 aliphatic carbocycles. The molecule has 154 valence electrons. The van der Waals surface area contributed by atoms with Crippen LogP contribution in [0.4, 0.5) is 4.79 Å². The van der Waals surface area contributed by atoms with E-state index in [1.165, 1.54) is 4.90 Å². The van der Waals surface area contributed by atoms with E-state index in [9.17, 15) is 9.59 Å². The van der Waals surface area contributed by atoms with Crippen LogP contribution in [0.3, 0.4) is 0 Å². The lowest BCUT2D eigenvalue weighted by Crippen LogP contribution is -2.46. The number of hydrogen-bond donors (Lipinski definition) is 1. The largest absolute Gasteiger partial charge is 0.489 e. The first kappa shape index (κ1) is 20.7. The van der Waals surface area contributed by atoms with Crippen LogP contribution in [0.15, 0.2) is 54.6 Å². The molecule has 1 fully saturated rings. The third-order valence-electron chi connectivity index (χ3n) is 4.83. The highest BCUT2D eigenvalue weighted by molar-refractivity contribution is 5.85. The SMILES string of the molecule is CC(C)(C)OC(=O)N1C(c2ccc(OCc3ccccc3)cc2)CC[C@H]1C(N)=O. The Bertz CT molecular complexity index is 843. The van der Waals surface area contributed by atoms with E-state index in [-0.39, 0.29) is 6.04 Å². The van der Waals surface area contributed by atoms with Crippen molar-refractivity contribution in [1.29, 1.82) is 0 Å². The summed E-state index contributed by atoms with van der Waals surface area (Å²) in [5.74, 6) is 0.229. The molecule has 2 aromatic carbocycles. The van der Waals surface area contributed by atoms with E-state index < -0.39 is 23.6 Å². The van der Waals surface area contributed by atoms with Gasteiger partial charge >= 0.3 is 6.09 Å². The van der Waals surface area contributed by atoms with Crippen molar-refractivity contribution in [2.75, 3.05) is 0 Å². The van der Waals surface area contributed by atoms with Gasteiger partial charge in [-0.3, -0.25) is 9.69 Å². The summed E-state index contributed by atoms with van der Waals surface area (Å²) in [6.45, 7) is 5.88. The molecule has 0 saturated carbocycles. The number of carbonyl (C=O) groups excluding carboxylic acids is 2. The molecule has 1 aliphatic heterocycles. The van der Waals surface area contributed by atoms with Crippen molar-refractivity contribution in [2.45, 2.75) is 57.9 Å². The van der Waals surface area contributed by atoms with E-state index in [1.54, 1.807) is 20.8 Å². The third kappa shape index (κ3) is 5.28. The van der Waals surface area contributed by atoms with Crippen molar-refractivity contribution in [3.63, 3.8) is 0 Å². The summed E-state index contributed by atoms with van der Waals surface area (Å²) >= 11 is 0. The van der Waals surface area contributed by atoms with E-state index in [2.05, 4.69) is 0 Å². The maximum atomic E-state index is 12.8. The Hall–Kier alpha value is -3.02. The number of ether oxygens (including phenoxy) is 2. The van der Waals surface area contributed by atoms with Gasteiger partial charge in [-0.15, -0.1) is 0 Å². The molecule has 1 saturated heterocycles. The molecule has 6 nitrogen and oxygen atoms in total. The molecule has 2 N–H and O–H groups in total. The Kier molecular flexibility index (Phi) is 6.11. The van der Waals surface area contributed by atoms with Gasteiger partial charge in [0.05, 0.1) is 6.04 Å². The van der Waals surface area contributed by atoms with Crippen molar-refractivity contribution in [1.82, 2.24) is 4.90 Å². The van der Waals surface area contributed by atoms with Gasteiger partial charge in [0.25, 0.3) is 0 Å². The molecular weight excluding hydrogens is 368 g/mol. The molecule has 2 amide bonds. The van der Waals surface area contributed by atoms with E-state index in [0.717, 1.165) is 16.9 Å². The number of primary amides is 1. The molecule has 6 heteroatoms. The molecule has 1 unspecified atom stereocenters. The Labute approximate surface area is 171 Å². The molecule has 29 heavy (non-hydrogen) atoms. The van der Waals surface area contributed by atoms with Crippen LogP contribution in [-0.2, 0) is 16.1 Å². The fourth-order valence-corrected chi connectivity index (χ4v) is 3.51.